The third-order valence-electron chi connectivity index (χ3n) is 6.13. The van der Waals surface area contributed by atoms with E-state index in [1.165, 1.54) is 0 Å². The number of carboxylic acids is 1. The van der Waals surface area contributed by atoms with Gasteiger partial charge in [0.05, 0.1) is 11.3 Å². The zero-order chi connectivity index (χ0) is 24.9. The highest BCUT2D eigenvalue weighted by Gasteiger charge is 2.21. The van der Waals surface area contributed by atoms with Crippen molar-refractivity contribution in [2.45, 2.75) is 26.2 Å². The van der Waals surface area contributed by atoms with Gasteiger partial charge in [0, 0.05) is 34.8 Å². The molecule has 1 heterocycles. The van der Waals surface area contributed by atoms with Gasteiger partial charge in [-0.1, -0.05) is 59.2 Å². The molecule has 0 aliphatic carbocycles. The number of aromatic carboxylic acids is 1. The third-order valence-corrected chi connectivity index (χ3v) is 6.37. The fourth-order valence-corrected chi connectivity index (χ4v) is 4.51. The highest BCUT2D eigenvalue weighted by atomic mass is 35.5. The summed E-state index contributed by atoms with van der Waals surface area (Å²) in [5.41, 5.74) is 7.64. The Balaban J connectivity index is 1.71. The van der Waals surface area contributed by atoms with Gasteiger partial charge in [-0.2, -0.15) is 0 Å². The normalized spacial score (nSPS) is 12.4. The zero-order valence-corrected chi connectivity index (χ0v) is 20.2. The summed E-state index contributed by atoms with van der Waals surface area (Å²) in [7, 11) is 0. The van der Waals surface area contributed by atoms with Gasteiger partial charge < -0.3 is 10.3 Å². The summed E-state index contributed by atoms with van der Waals surface area (Å²) in [5, 5.41) is 23.3. The van der Waals surface area contributed by atoms with E-state index in [4.69, 9.17) is 16.7 Å². The largest absolute Gasteiger partial charge is 0.478 e. The van der Waals surface area contributed by atoms with Crippen molar-refractivity contribution >= 4 is 23.3 Å². The number of nitrogens with zero attached hydrogens (tertiary/aromatic N) is 2. The quantitative estimate of drug-likeness (QED) is 0.166. The zero-order valence-electron chi connectivity index (χ0n) is 19.4. The van der Waals surface area contributed by atoms with Crippen LogP contribution < -0.4 is 0 Å². The molecule has 0 fully saturated rings. The van der Waals surface area contributed by atoms with E-state index >= 15 is 0 Å². The highest BCUT2D eigenvalue weighted by Crippen LogP contribution is 2.34. The Morgan fingerprint density at radius 2 is 1.57 bits per heavy atom. The second-order valence-corrected chi connectivity index (χ2v) is 8.93. The molecule has 0 spiro atoms. The summed E-state index contributed by atoms with van der Waals surface area (Å²) >= 11 is 6.23. The predicted octanol–water partition coefficient (Wildman–Crippen LogP) is 7.12. The van der Waals surface area contributed by atoms with Crippen LogP contribution in [0.5, 0.6) is 0 Å². The van der Waals surface area contributed by atoms with E-state index in [-0.39, 0.29) is 11.5 Å². The molecule has 0 bridgehead atoms. The first-order valence-electron chi connectivity index (χ1n) is 11.2. The molecule has 1 atom stereocenters. The number of carbonyl (C=O) groups is 1. The third kappa shape index (κ3) is 5.58. The number of halogens is 1. The first kappa shape index (κ1) is 24.2. The Morgan fingerprint density at radius 1 is 0.914 bits per heavy atom. The number of benzene rings is 3. The lowest BCUT2D eigenvalue weighted by atomic mass is 9.83. The van der Waals surface area contributed by atoms with Crippen molar-refractivity contribution in [3.05, 3.63) is 124 Å². The van der Waals surface area contributed by atoms with Gasteiger partial charge in [-0.15, -0.1) is 0 Å². The van der Waals surface area contributed by atoms with E-state index in [1.807, 2.05) is 68.4 Å². The molecular formula is C29H25ClN2O3. The molecule has 0 aliphatic heterocycles. The summed E-state index contributed by atoms with van der Waals surface area (Å²) in [4.78, 5) is 15.4. The van der Waals surface area contributed by atoms with Gasteiger partial charge in [-0.05, 0) is 78.1 Å². The lowest BCUT2D eigenvalue weighted by molar-refractivity contribution is 0.0697. The molecular weight excluding hydrogens is 460 g/mol. The van der Waals surface area contributed by atoms with Crippen molar-refractivity contribution in [3.8, 4) is 11.1 Å². The Kier molecular flexibility index (Phi) is 7.28. The van der Waals surface area contributed by atoms with Crippen LogP contribution in [0.25, 0.3) is 11.1 Å². The van der Waals surface area contributed by atoms with Crippen molar-refractivity contribution in [1.82, 2.24) is 4.98 Å². The first-order valence-corrected chi connectivity index (χ1v) is 11.6. The van der Waals surface area contributed by atoms with Gasteiger partial charge in [-0.25, -0.2) is 4.79 Å². The van der Waals surface area contributed by atoms with Gasteiger partial charge in [0.2, 0.25) is 0 Å². The Hall–Kier alpha value is -3.96. The van der Waals surface area contributed by atoms with E-state index in [0.29, 0.717) is 17.2 Å². The summed E-state index contributed by atoms with van der Waals surface area (Å²) in [6.45, 7) is 3.93. The number of aryl methyl sites for hydroxylation is 2. The average Bonchev–Trinajstić information content (AvgIpc) is 2.86. The maximum Gasteiger partial charge on any atom is 0.335 e. The maximum absolute atomic E-state index is 11.1. The van der Waals surface area contributed by atoms with E-state index < -0.39 is 5.97 Å². The van der Waals surface area contributed by atoms with Gasteiger partial charge in [0.1, 0.15) is 0 Å². The number of carboxylic acid groups (broad SMARTS) is 1. The lowest BCUT2D eigenvalue weighted by Gasteiger charge is -2.21. The number of hydrogen-bond acceptors (Lipinski definition) is 4. The summed E-state index contributed by atoms with van der Waals surface area (Å²) < 4.78 is 0. The molecule has 0 unspecified atom stereocenters. The summed E-state index contributed by atoms with van der Waals surface area (Å²) in [6, 6.07) is 24.6. The maximum atomic E-state index is 11.1. The molecule has 1 aromatic heterocycles. The SMILES string of the molecule is Cc1cc(C(C[C@@H](c2ccc(-c3ccc(C(=O)O)cc3)cc2)c2ccc(Cl)cc2C)=NO)ccn1. The van der Waals surface area contributed by atoms with Crippen molar-refractivity contribution < 1.29 is 15.1 Å². The molecule has 6 heteroatoms. The topological polar surface area (TPSA) is 82.8 Å². The second kappa shape index (κ2) is 10.5. The predicted molar refractivity (Wildman–Crippen MR) is 139 cm³/mol. The van der Waals surface area contributed by atoms with E-state index in [0.717, 1.165) is 39.1 Å². The van der Waals surface area contributed by atoms with Crippen molar-refractivity contribution in [2.75, 3.05) is 0 Å². The standard InChI is InChI=1S/C29H25ClN2O3/c1-18-15-25(30)11-12-26(18)27(17-28(32-35)24-13-14-31-19(2)16-24)22-7-3-20(4-8-22)21-5-9-23(10-6-21)29(33)34/h3-16,27,35H,17H2,1-2H3,(H,33,34)/t27-/m0/s1. The van der Waals surface area contributed by atoms with Crippen LogP contribution in [-0.2, 0) is 0 Å². The summed E-state index contributed by atoms with van der Waals surface area (Å²) in [6.07, 6.45) is 2.19. The minimum atomic E-state index is -0.946. The van der Waals surface area contributed by atoms with Crippen LogP contribution in [0, 0.1) is 13.8 Å². The molecule has 0 saturated carbocycles. The van der Waals surface area contributed by atoms with Crippen LogP contribution in [-0.4, -0.2) is 27.0 Å². The number of aromatic nitrogens is 1. The van der Waals surface area contributed by atoms with Gasteiger partial charge in [0.25, 0.3) is 0 Å². The van der Waals surface area contributed by atoms with Crippen molar-refractivity contribution in [3.63, 3.8) is 0 Å². The fraction of sp³-hybridized carbons (Fsp3) is 0.138. The average molecular weight is 485 g/mol. The van der Waals surface area contributed by atoms with Crippen LogP contribution in [0.4, 0.5) is 0 Å². The molecule has 176 valence electrons. The minimum absolute atomic E-state index is 0.0740. The van der Waals surface area contributed by atoms with E-state index in [2.05, 4.69) is 22.3 Å². The first-order chi connectivity index (χ1) is 16.9. The molecule has 3 aromatic carbocycles. The molecule has 4 aromatic rings. The molecule has 5 nitrogen and oxygen atoms in total. The number of pyridine rings is 1. The molecule has 0 aliphatic rings. The Morgan fingerprint density at radius 3 is 2.14 bits per heavy atom. The van der Waals surface area contributed by atoms with Crippen molar-refractivity contribution in [1.29, 1.82) is 0 Å². The van der Waals surface area contributed by atoms with Crippen LogP contribution in [0.3, 0.4) is 0 Å². The van der Waals surface area contributed by atoms with Crippen LogP contribution in [0.1, 0.15) is 50.6 Å². The fourth-order valence-electron chi connectivity index (χ4n) is 4.29. The van der Waals surface area contributed by atoms with E-state index in [9.17, 15) is 10.0 Å². The van der Waals surface area contributed by atoms with Gasteiger partial charge >= 0.3 is 5.97 Å². The Bertz CT molecular complexity index is 1380. The number of rotatable bonds is 7. The van der Waals surface area contributed by atoms with Gasteiger partial charge in [0.15, 0.2) is 0 Å². The Labute approximate surface area is 209 Å². The van der Waals surface area contributed by atoms with Crippen LogP contribution >= 0.6 is 11.6 Å². The molecule has 0 radical (unpaired) electrons. The molecule has 0 saturated heterocycles. The van der Waals surface area contributed by atoms with E-state index in [1.54, 1.807) is 18.3 Å². The van der Waals surface area contributed by atoms with Crippen LogP contribution in [0.15, 0.2) is 90.2 Å². The highest BCUT2D eigenvalue weighted by molar-refractivity contribution is 6.30. The van der Waals surface area contributed by atoms with Gasteiger partial charge in [-0.3, -0.25) is 4.98 Å². The second-order valence-electron chi connectivity index (χ2n) is 8.49. The number of hydrogen-bond donors (Lipinski definition) is 2. The smallest absolute Gasteiger partial charge is 0.335 e. The lowest BCUT2D eigenvalue weighted by Crippen LogP contribution is -2.12. The van der Waals surface area contributed by atoms with Crippen molar-refractivity contribution in [2.24, 2.45) is 5.16 Å². The summed E-state index contributed by atoms with van der Waals surface area (Å²) in [5.74, 6) is -1.02. The molecule has 2 N–H and O–H groups in total. The number of oxime groups is 1. The molecule has 0 amide bonds. The monoisotopic (exact) mass is 484 g/mol. The van der Waals surface area contributed by atoms with Crippen LogP contribution in [0.2, 0.25) is 5.02 Å². The molecule has 4 rings (SSSR count). The minimum Gasteiger partial charge on any atom is -0.478 e. The molecule has 35 heavy (non-hydrogen) atoms.